The zero-order chi connectivity index (χ0) is 39.3. The molecule has 0 saturated heterocycles. The van der Waals surface area contributed by atoms with Gasteiger partial charge in [-0.25, -0.2) is 0 Å². The highest BCUT2D eigenvalue weighted by atomic mass is 16.5. The van der Waals surface area contributed by atoms with Crippen molar-refractivity contribution in [1.29, 1.82) is 0 Å². The molecular weight excluding hydrogens is 683 g/mol. The third-order valence-corrected chi connectivity index (χ3v) is 13.0. The number of esters is 2. The molecule has 2 saturated carbocycles. The van der Waals surface area contributed by atoms with Crippen LogP contribution in [0.2, 0.25) is 0 Å². The molecule has 6 nitrogen and oxygen atoms in total. The Morgan fingerprint density at radius 2 is 0.800 bits per heavy atom. The second-order valence-electron chi connectivity index (χ2n) is 17.8. The molecule has 0 bridgehead atoms. The molecule has 0 aromatic rings. The predicted molar refractivity (Wildman–Crippen MR) is 232 cm³/mol. The van der Waals surface area contributed by atoms with Crippen molar-refractivity contribution in [3.8, 4) is 0 Å². The number of hydrogen-bond acceptors (Lipinski definition) is 6. The van der Waals surface area contributed by atoms with E-state index in [1.54, 1.807) is 0 Å². The van der Waals surface area contributed by atoms with E-state index < -0.39 is 0 Å². The fraction of sp³-hybridized carbons (Fsp3) is 0.959. The van der Waals surface area contributed by atoms with E-state index in [4.69, 9.17) is 9.47 Å². The van der Waals surface area contributed by atoms with Gasteiger partial charge in [-0.05, 0) is 77.3 Å². The molecule has 0 aromatic heterocycles. The van der Waals surface area contributed by atoms with Gasteiger partial charge in [0.1, 0.15) is 0 Å². The largest absolute Gasteiger partial charge is 0.465 e. The van der Waals surface area contributed by atoms with Crippen molar-refractivity contribution >= 4 is 11.9 Å². The van der Waals surface area contributed by atoms with Crippen LogP contribution in [0.5, 0.6) is 0 Å². The molecule has 1 N–H and O–H groups in total. The summed E-state index contributed by atoms with van der Waals surface area (Å²) in [5.74, 6) is 0.325. The number of carbonyl (C=O) groups is 2. The molecule has 2 aliphatic carbocycles. The normalized spacial score (nSPS) is 19.6. The van der Waals surface area contributed by atoms with Crippen molar-refractivity contribution in [1.82, 2.24) is 4.90 Å². The first-order chi connectivity index (χ1) is 27.2. The van der Waals surface area contributed by atoms with Gasteiger partial charge in [-0.15, -0.1) is 0 Å². The summed E-state index contributed by atoms with van der Waals surface area (Å²) in [6.45, 7) is 5.74. The van der Waals surface area contributed by atoms with Gasteiger partial charge >= 0.3 is 11.9 Å². The summed E-state index contributed by atoms with van der Waals surface area (Å²) in [6.07, 6.45) is 46.2. The van der Waals surface area contributed by atoms with Crippen LogP contribution in [0.1, 0.15) is 251 Å². The lowest BCUT2D eigenvalue weighted by molar-refractivity contribution is -0.150. The maximum absolute atomic E-state index is 13.1. The van der Waals surface area contributed by atoms with E-state index in [0.717, 1.165) is 90.1 Å². The van der Waals surface area contributed by atoms with Gasteiger partial charge in [0.15, 0.2) is 0 Å². The summed E-state index contributed by atoms with van der Waals surface area (Å²) in [4.78, 5) is 28.9. The summed E-state index contributed by atoms with van der Waals surface area (Å²) in [6, 6.07) is 0.539. The Morgan fingerprint density at radius 1 is 0.473 bits per heavy atom. The molecule has 0 spiro atoms. The first kappa shape index (κ1) is 50.0. The number of carbonyl (C=O) groups excluding carboxylic acids is 2. The molecule has 0 unspecified atom stereocenters. The fourth-order valence-electron chi connectivity index (χ4n) is 9.29. The van der Waals surface area contributed by atoms with Crippen LogP contribution in [0.3, 0.4) is 0 Å². The van der Waals surface area contributed by atoms with Crippen molar-refractivity contribution in [3.05, 3.63) is 0 Å². The minimum Gasteiger partial charge on any atom is -0.465 e. The molecule has 2 rings (SSSR count). The molecule has 0 aliphatic heterocycles. The number of aliphatic hydroxyl groups is 1. The number of unbranched alkanes of at least 4 members (excludes halogenated alkanes) is 5. The Balaban J connectivity index is 1.71. The molecule has 2 aliphatic rings. The molecule has 0 aromatic carbocycles. The van der Waals surface area contributed by atoms with Crippen LogP contribution in [0.25, 0.3) is 0 Å². The van der Waals surface area contributed by atoms with E-state index in [2.05, 4.69) is 11.8 Å². The lowest BCUT2D eigenvalue weighted by atomic mass is 9.94. The Labute approximate surface area is 341 Å². The SMILES string of the molecule is CCN(CCCCO)C(CCCCCOC(=O)C1CCCCCCCCCCCCCC1)CCCCCOC(=O)C1CCCCCCCCCCCCCC1. The minimum atomic E-state index is 0.0660. The quantitative estimate of drug-likeness (QED) is 0.0980. The molecule has 2 fully saturated rings. The van der Waals surface area contributed by atoms with Crippen LogP contribution in [0.15, 0.2) is 0 Å². The average molecular weight is 776 g/mol. The Bertz CT molecular complexity index is 774. The number of nitrogens with zero attached hydrogens (tertiary/aromatic N) is 1. The van der Waals surface area contributed by atoms with Gasteiger partial charge in [-0.1, -0.05) is 187 Å². The Kier molecular flexibility index (Phi) is 33.8. The van der Waals surface area contributed by atoms with E-state index in [9.17, 15) is 14.7 Å². The maximum atomic E-state index is 13.1. The van der Waals surface area contributed by atoms with Gasteiger partial charge in [-0.2, -0.15) is 0 Å². The number of aliphatic hydroxyl groups excluding tert-OH is 1. The third kappa shape index (κ3) is 28.0. The minimum absolute atomic E-state index is 0.0660. The summed E-state index contributed by atoms with van der Waals surface area (Å²) < 4.78 is 11.8. The molecule has 0 atom stereocenters. The number of hydrogen-bond donors (Lipinski definition) is 1. The van der Waals surface area contributed by atoms with E-state index in [1.165, 1.54) is 167 Å². The second-order valence-corrected chi connectivity index (χ2v) is 17.8. The second kappa shape index (κ2) is 37.2. The van der Waals surface area contributed by atoms with Crippen LogP contribution in [-0.4, -0.2) is 60.9 Å². The average Bonchev–Trinajstić information content (AvgIpc) is 3.21. The highest BCUT2D eigenvalue weighted by Crippen LogP contribution is 2.25. The molecule has 0 amide bonds. The highest BCUT2D eigenvalue weighted by molar-refractivity contribution is 5.72. The van der Waals surface area contributed by atoms with Gasteiger partial charge < -0.3 is 19.5 Å². The molecule has 55 heavy (non-hydrogen) atoms. The van der Waals surface area contributed by atoms with Crippen LogP contribution in [0, 0.1) is 11.8 Å². The van der Waals surface area contributed by atoms with E-state index in [0.29, 0.717) is 19.3 Å². The lowest BCUT2D eigenvalue weighted by Gasteiger charge is -2.31. The first-order valence-corrected chi connectivity index (χ1v) is 24.8. The van der Waals surface area contributed by atoms with Gasteiger partial charge in [0.2, 0.25) is 0 Å². The molecule has 324 valence electrons. The Hall–Kier alpha value is -1.14. The van der Waals surface area contributed by atoms with Crippen LogP contribution >= 0.6 is 0 Å². The van der Waals surface area contributed by atoms with Crippen LogP contribution in [-0.2, 0) is 19.1 Å². The lowest BCUT2D eigenvalue weighted by Crippen LogP contribution is -2.36. The van der Waals surface area contributed by atoms with Crippen molar-refractivity contribution in [2.75, 3.05) is 32.9 Å². The van der Waals surface area contributed by atoms with Gasteiger partial charge in [0.05, 0.1) is 25.0 Å². The Morgan fingerprint density at radius 3 is 1.11 bits per heavy atom. The molecule has 0 radical (unpaired) electrons. The van der Waals surface area contributed by atoms with Crippen LogP contribution < -0.4 is 0 Å². The zero-order valence-corrected chi connectivity index (χ0v) is 36.7. The van der Waals surface area contributed by atoms with E-state index in [-0.39, 0.29) is 30.4 Å². The molecule has 6 heteroatoms. The van der Waals surface area contributed by atoms with Gasteiger partial charge in [-0.3, -0.25) is 9.59 Å². The first-order valence-electron chi connectivity index (χ1n) is 24.8. The smallest absolute Gasteiger partial charge is 0.308 e. The van der Waals surface area contributed by atoms with Crippen molar-refractivity contribution < 1.29 is 24.2 Å². The van der Waals surface area contributed by atoms with Crippen LogP contribution in [0.4, 0.5) is 0 Å². The monoisotopic (exact) mass is 776 g/mol. The highest BCUT2D eigenvalue weighted by Gasteiger charge is 2.21. The number of rotatable bonds is 20. The summed E-state index contributed by atoms with van der Waals surface area (Å²) in [7, 11) is 0. The molecule has 0 heterocycles. The predicted octanol–water partition coefficient (Wildman–Crippen LogP) is 13.8. The number of ether oxygens (including phenoxy) is 2. The van der Waals surface area contributed by atoms with Crippen molar-refractivity contribution in [2.45, 2.75) is 257 Å². The summed E-state index contributed by atoms with van der Waals surface area (Å²) >= 11 is 0. The summed E-state index contributed by atoms with van der Waals surface area (Å²) in [5, 5.41) is 9.39. The topological polar surface area (TPSA) is 76.1 Å². The van der Waals surface area contributed by atoms with Crippen molar-refractivity contribution in [2.24, 2.45) is 11.8 Å². The van der Waals surface area contributed by atoms with E-state index in [1.807, 2.05) is 0 Å². The zero-order valence-electron chi connectivity index (χ0n) is 36.7. The summed E-state index contributed by atoms with van der Waals surface area (Å²) in [5.41, 5.74) is 0. The maximum Gasteiger partial charge on any atom is 0.308 e. The van der Waals surface area contributed by atoms with Gasteiger partial charge in [0.25, 0.3) is 0 Å². The fourth-order valence-corrected chi connectivity index (χ4v) is 9.29. The van der Waals surface area contributed by atoms with E-state index >= 15 is 0 Å². The molecular formula is C49H93NO5. The van der Waals surface area contributed by atoms with Crippen molar-refractivity contribution in [3.63, 3.8) is 0 Å². The standard InChI is InChI=1S/C49H93NO5/c1-2-50(41-31-32-42-51)47(39-29-23-33-43-54-48(52)45-35-25-19-15-11-7-3-4-8-12-16-20-26-36-45)40-30-24-34-44-55-49(53)46-37-27-21-17-13-9-5-6-10-14-18-22-28-38-46/h45-47,51H,2-44H2,1H3. The third-order valence-electron chi connectivity index (χ3n) is 13.0. The van der Waals surface area contributed by atoms with Gasteiger partial charge in [0, 0.05) is 12.6 Å².